The first kappa shape index (κ1) is 16.8. The molecule has 0 atom stereocenters. The Morgan fingerprint density at radius 2 is 1.52 bits per heavy atom. The fourth-order valence-corrected chi connectivity index (χ4v) is 1.93. The van der Waals surface area contributed by atoms with Crippen LogP contribution in [0.25, 0.3) is 0 Å². The number of halogens is 1. The molecule has 0 aromatic heterocycles. The van der Waals surface area contributed by atoms with Gasteiger partial charge < -0.3 is 18.9 Å². The van der Waals surface area contributed by atoms with Crippen molar-refractivity contribution in [2.24, 2.45) is 0 Å². The summed E-state index contributed by atoms with van der Waals surface area (Å²) in [6.45, 7) is 0. The molecule has 0 aliphatic carbocycles. The van der Waals surface area contributed by atoms with E-state index in [9.17, 15) is 9.59 Å². The van der Waals surface area contributed by atoms with E-state index in [-0.39, 0.29) is 27.8 Å². The molecule has 0 N–H and O–H groups in total. The highest BCUT2D eigenvalue weighted by molar-refractivity contribution is 6.33. The van der Waals surface area contributed by atoms with Crippen LogP contribution in [0.4, 0.5) is 0 Å². The molecule has 0 fully saturated rings. The molecule has 6 nitrogen and oxygen atoms in total. The molecule has 1 rings (SSSR count). The van der Waals surface area contributed by atoms with Crippen LogP contribution in [0.5, 0.6) is 17.2 Å². The van der Waals surface area contributed by atoms with E-state index in [1.807, 2.05) is 0 Å². The molecule has 0 amide bonds. The summed E-state index contributed by atoms with van der Waals surface area (Å²) in [5.74, 6) is -0.515. The summed E-state index contributed by atoms with van der Waals surface area (Å²) in [6, 6.07) is 1.38. The lowest BCUT2D eigenvalue weighted by molar-refractivity contribution is -0.134. The number of methoxy groups -OCH3 is 4. The van der Waals surface area contributed by atoms with E-state index in [0.717, 1.165) is 12.2 Å². The molecule has 0 heterocycles. The first-order valence-corrected chi connectivity index (χ1v) is 6.16. The van der Waals surface area contributed by atoms with Crippen molar-refractivity contribution in [2.75, 3.05) is 28.4 Å². The monoisotopic (exact) mass is 314 g/mol. The standard InChI is InChI=1S/C14H15ClO6/c1-18-11(17)6-5-10(16)8-7-9(15)13(20-3)14(21-4)12(8)19-2/h5-7H,1-4H3/b6-5+. The second-order valence-electron chi connectivity index (χ2n) is 3.73. The average molecular weight is 315 g/mol. The van der Waals surface area contributed by atoms with Crippen molar-refractivity contribution in [3.63, 3.8) is 0 Å². The third-order valence-electron chi connectivity index (χ3n) is 2.59. The Balaban J connectivity index is 3.36. The molecule has 0 aliphatic rings. The van der Waals surface area contributed by atoms with Crippen molar-refractivity contribution in [1.29, 1.82) is 0 Å². The molecular weight excluding hydrogens is 300 g/mol. The minimum atomic E-state index is -0.645. The van der Waals surface area contributed by atoms with Gasteiger partial charge in [-0.2, -0.15) is 0 Å². The number of hydrogen-bond donors (Lipinski definition) is 0. The Morgan fingerprint density at radius 3 is 2.00 bits per heavy atom. The van der Waals surface area contributed by atoms with Crippen molar-refractivity contribution in [2.45, 2.75) is 0 Å². The molecule has 7 heteroatoms. The van der Waals surface area contributed by atoms with E-state index < -0.39 is 11.8 Å². The molecule has 1 aromatic carbocycles. The molecule has 1 aromatic rings. The Kier molecular flexibility index (Phi) is 6.05. The fraction of sp³-hybridized carbons (Fsp3) is 0.286. The summed E-state index contributed by atoms with van der Waals surface area (Å²) in [5, 5.41) is 0.185. The van der Waals surface area contributed by atoms with Gasteiger partial charge in [-0.25, -0.2) is 4.79 Å². The maximum Gasteiger partial charge on any atom is 0.330 e. The number of hydrogen-bond acceptors (Lipinski definition) is 6. The highest BCUT2D eigenvalue weighted by Crippen LogP contribution is 2.45. The van der Waals surface area contributed by atoms with Gasteiger partial charge in [-0.1, -0.05) is 11.6 Å². The Hall–Kier alpha value is -2.21. The molecular formula is C14H15ClO6. The highest BCUT2D eigenvalue weighted by atomic mass is 35.5. The predicted molar refractivity (Wildman–Crippen MR) is 76.6 cm³/mol. The third-order valence-corrected chi connectivity index (χ3v) is 2.88. The van der Waals surface area contributed by atoms with Gasteiger partial charge in [-0.05, 0) is 12.1 Å². The van der Waals surface area contributed by atoms with Gasteiger partial charge in [0.1, 0.15) is 0 Å². The van der Waals surface area contributed by atoms with Crippen LogP contribution in [0.2, 0.25) is 5.02 Å². The van der Waals surface area contributed by atoms with Gasteiger partial charge in [0.05, 0.1) is 39.0 Å². The van der Waals surface area contributed by atoms with Crippen LogP contribution < -0.4 is 14.2 Å². The van der Waals surface area contributed by atoms with Crippen molar-refractivity contribution >= 4 is 23.4 Å². The average Bonchev–Trinajstić information content (AvgIpc) is 2.50. The van der Waals surface area contributed by atoms with Gasteiger partial charge in [0, 0.05) is 6.08 Å². The smallest absolute Gasteiger partial charge is 0.330 e. The molecule has 0 saturated carbocycles. The molecule has 0 radical (unpaired) electrons. The lowest BCUT2D eigenvalue weighted by Gasteiger charge is -2.15. The molecule has 21 heavy (non-hydrogen) atoms. The summed E-state index contributed by atoms with van der Waals surface area (Å²) in [6.07, 6.45) is 2.07. The van der Waals surface area contributed by atoms with E-state index in [2.05, 4.69) is 4.74 Å². The van der Waals surface area contributed by atoms with Crippen molar-refractivity contribution in [3.8, 4) is 17.2 Å². The first-order chi connectivity index (χ1) is 9.99. The van der Waals surface area contributed by atoms with E-state index in [4.69, 9.17) is 25.8 Å². The van der Waals surface area contributed by atoms with Gasteiger partial charge in [-0.15, -0.1) is 0 Å². The SMILES string of the molecule is COC(=O)/C=C/C(=O)c1cc(Cl)c(OC)c(OC)c1OC. The molecule has 114 valence electrons. The lowest BCUT2D eigenvalue weighted by Crippen LogP contribution is -2.04. The van der Waals surface area contributed by atoms with Gasteiger partial charge in [0.2, 0.25) is 5.75 Å². The Labute approximate surface area is 127 Å². The van der Waals surface area contributed by atoms with Crippen LogP contribution in [-0.2, 0) is 9.53 Å². The van der Waals surface area contributed by atoms with Crippen LogP contribution in [0.3, 0.4) is 0 Å². The normalized spacial score (nSPS) is 10.3. The molecule has 0 aliphatic heterocycles. The van der Waals surface area contributed by atoms with Crippen molar-refractivity contribution in [1.82, 2.24) is 0 Å². The summed E-state index contributed by atoms with van der Waals surface area (Å²) in [4.78, 5) is 23.2. The molecule has 0 bridgehead atoms. The van der Waals surface area contributed by atoms with Crippen LogP contribution in [0, 0.1) is 0 Å². The second-order valence-corrected chi connectivity index (χ2v) is 4.13. The van der Waals surface area contributed by atoms with Gasteiger partial charge >= 0.3 is 5.97 Å². The Morgan fingerprint density at radius 1 is 0.952 bits per heavy atom. The van der Waals surface area contributed by atoms with E-state index >= 15 is 0 Å². The van der Waals surface area contributed by atoms with Crippen LogP contribution in [0.1, 0.15) is 10.4 Å². The van der Waals surface area contributed by atoms with Crippen LogP contribution >= 0.6 is 11.6 Å². The predicted octanol–water partition coefficient (Wildman–Crippen LogP) is 2.28. The number of allylic oxidation sites excluding steroid dienone is 1. The maximum atomic E-state index is 12.1. The number of benzene rings is 1. The van der Waals surface area contributed by atoms with Crippen molar-refractivity contribution < 1.29 is 28.5 Å². The minimum absolute atomic E-state index is 0.139. The van der Waals surface area contributed by atoms with Gasteiger partial charge in [-0.3, -0.25) is 4.79 Å². The van der Waals surface area contributed by atoms with Crippen molar-refractivity contribution in [3.05, 3.63) is 28.8 Å². The summed E-state index contributed by atoms with van der Waals surface area (Å²) in [5.41, 5.74) is 0.139. The number of carbonyl (C=O) groups excluding carboxylic acids is 2. The van der Waals surface area contributed by atoms with E-state index in [1.54, 1.807) is 0 Å². The largest absolute Gasteiger partial charge is 0.492 e. The number of ether oxygens (including phenoxy) is 4. The zero-order valence-electron chi connectivity index (χ0n) is 12.1. The number of ketones is 1. The summed E-state index contributed by atoms with van der Waals surface area (Å²) in [7, 11) is 5.41. The zero-order valence-corrected chi connectivity index (χ0v) is 12.8. The number of rotatable bonds is 6. The van der Waals surface area contributed by atoms with Gasteiger partial charge in [0.25, 0.3) is 0 Å². The molecule has 0 unspecified atom stereocenters. The lowest BCUT2D eigenvalue weighted by atomic mass is 10.1. The zero-order chi connectivity index (χ0) is 16.0. The van der Waals surface area contributed by atoms with E-state index in [0.29, 0.717) is 0 Å². The highest BCUT2D eigenvalue weighted by Gasteiger charge is 2.22. The topological polar surface area (TPSA) is 71.1 Å². The van der Waals surface area contributed by atoms with Crippen LogP contribution in [-0.4, -0.2) is 40.2 Å². The van der Waals surface area contributed by atoms with E-state index in [1.165, 1.54) is 34.5 Å². The maximum absolute atomic E-state index is 12.1. The fourth-order valence-electron chi connectivity index (χ4n) is 1.65. The van der Waals surface area contributed by atoms with Crippen LogP contribution in [0.15, 0.2) is 18.2 Å². The molecule has 0 saturated heterocycles. The van der Waals surface area contributed by atoms with Gasteiger partial charge in [0.15, 0.2) is 17.3 Å². The number of carbonyl (C=O) groups is 2. The molecule has 0 spiro atoms. The summed E-state index contributed by atoms with van der Waals surface area (Å²) >= 11 is 6.05. The minimum Gasteiger partial charge on any atom is -0.492 e. The number of esters is 1. The summed E-state index contributed by atoms with van der Waals surface area (Å²) < 4.78 is 19.9. The first-order valence-electron chi connectivity index (χ1n) is 5.78. The quantitative estimate of drug-likeness (QED) is 0.456. The Bertz CT molecular complexity index is 579. The third kappa shape index (κ3) is 3.66. The second kappa shape index (κ2) is 7.54.